The average molecular weight is 650 g/mol. The fourth-order valence-corrected chi connectivity index (χ4v) is 4.02. The van der Waals surface area contributed by atoms with Crippen LogP contribution in [0, 0.1) is 5.82 Å². The van der Waals surface area contributed by atoms with Crippen molar-refractivity contribution in [3.8, 4) is 0 Å². The minimum absolute atomic E-state index is 0.0833. The van der Waals surface area contributed by atoms with Crippen LogP contribution in [0.1, 0.15) is 72.7 Å². The van der Waals surface area contributed by atoms with E-state index in [1.165, 1.54) is 30.3 Å². The van der Waals surface area contributed by atoms with E-state index in [0.29, 0.717) is 4.90 Å². The molecule has 0 atom stereocenters. The van der Waals surface area contributed by atoms with Gasteiger partial charge in [0.1, 0.15) is 28.4 Å². The molecule has 3 amide bonds. The molecule has 226 valence electrons. The molecule has 0 spiro atoms. The van der Waals surface area contributed by atoms with E-state index < -0.39 is 46.8 Å². The van der Waals surface area contributed by atoms with E-state index in [1.807, 2.05) is 0 Å². The molecule has 11 nitrogen and oxygen atoms in total. The second kappa shape index (κ2) is 11.7. The van der Waals surface area contributed by atoms with Crippen molar-refractivity contribution in [1.82, 2.24) is 9.55 Å². The maximum atomic E-state index is 14.3. The zero-order chi connectivity index (χ0) is 31.8. The third kappa shape index (κ3) is 8.05. The molecular formula is C29H34BrFN4O7. The van der Waals surface area contributed by atoms with Crippen molar-refractivity contribution in [2.45, 2.75) is 79.1 Å². The van der Waals surface area contributed by atoms with Crippen LogP contribution in [-0.2, 0) is 14.2 Å². The standard InChI is InChI=1S/C29H34BrFN4O7/c1-27(2,3)40-24(37)34-20-14-17(30)22(35(25(38)41-28(4,5)6)26(39)42-29(7,8)9)32-19(20)15-21(34)33-23(36)16-12-10-11-13-18(16)31/h10-15H,1-9H3,(H,33,36). The summed E-state index contributed by atoms with van der Waals surface area (Å²) in [6.45, 7) is 14.8. The first-order valence-electron chi connectivity index (χ1n) is 12.9. The lowest BCUT2D eigenvalue weighted by Crippen LogP contribution is -2.44. The first kappa shape index (κ1) is 32.5. The van der Waals surface area contributed by atoms with E-state index in [0.717, 1.165) is 10.6 Å². The number of anilines is 2. The Morgan fingerprint density at radius 1 is 0.857 bits per heavy atom. The molecule has 0 radical (unpaired) electrons. The van der Waals surface area contributed by atoms with Crippen molar-refractivity contribution < 1.29 is 37.8 Å². The third-order valence-electron chi connectivity index (χ3n) is 5.02. The smallest absolute Gasteiger partial charge is 0.425 e. The predicted octanol–water partition coefficient (Wildman–Crippen LogP) is 7.65. The summed E-state index contributed by atoms with van der Waals surface area (Å²) in [4.78, 5) is 57.8. The monoisotopic (exact) mass is 648 g/mol. The lowest BCUT2D eigenvalue weighted by Gasteiger charge is -2.28. The zero-order valence-corrected chi connectivity index (χ0v) is 26.5. The first-order valence-corrected chi connectivity index (χ1v) is 13.7. The largest absolute Gasteiger partial charge is 0.443 e. The summed E-state index contributed by atoms with van der Waals surface area (Å²) >= 11 is 3.34. The van der Waals surface area contributed by atoms with Crippen LogP contribution in [-0.4, -0.2) is 50.5 Å². The molecule has 1 N–H and O–H groups in total. The van der Waals surface area contributed by atoms with Gasteiger partial charge in [0, 0.05) is 6.07 Å². The molecule has 0 aliphatic heterocycles. The first-order chi connectivity index (χ1) is 19.2. The van der Waals surface area contributed by atoms with E-state index >= 15 is 0 Å². The highest BCUT2D eigenvalue weighted by molar-refractivity contribution is 9.10. The number of amides is 3. The van der Waals surface area contributed by atoms with E-state index in [9.17, 15) is 23.6 Å². The number of halogens is 2. The van der Waals surface area contributed by atoms with Gasteiger partial charge in [0.15, 0.2) is 5.82 Å². The Kier molecular flexibility index (Phi) is 9.06. The summed E-state index contributed by atoms with van der Waals surface area (Å²) in [6, 6.07) is 8.10. The highest BCUT2D eigenvalue weighted by Crippen LogP contribution is 2.34. The second-order valence-corrected chi connectivity index (χ2v) is 13.1. The van der Waals surface area contributed by atoms with Crippen LogP contribution in [0.25, 0.3) is 11.0 Å². The Bertz CT molecular complexity index is 1520. The summed E-state index contributed by atoms with van der Waals surface area (Å²) < 4.78 is 31.9. The fraction of sp³-hybridized carbons (Fsp3) is 0.414. The quantitative estimate of drug-likeness (QED) is 0.287. The number of ether oxygens (including phenoxy) is 3. The number of hydrogen-bond donors (Lipinski definition) is 1. The van der Waals surface area contributed by atoms with Gasteiger partial charge >= 0.3 is 18.3 Å². The molecule has 42 heavy (non-hydrogen) atoms. The molecule has 13 heteroatoms. The van der Waals surface area contributed by atoms with E-state index in [4.69, 9.17) is 14.2 Å². The Morgan fingerprint density at radius 3 is 1.88 bits per heavy atom. The van der Waals surface area contributed by atoms with Crippen LogP contribution < -0.4 is 10.2 Å². The van der Waals surface area contributed by atoms with Crippen LogP contribution >= 0.6 is 15.9 Å². The summed E-state index contributed by atoms with van der Waals surface area (Å²) in [5.41, 5.74) is -2.85. The Morgan fingerprint density at radius 2 is 1.38 bits per heavy atom. The van der Waals surface area contributed by atoms with Crippen molar-refractivity contribution in [2.24, 2.45) is 0 Å². The van der Waals surface area contributed by atoms with Gasteiger partial charge in [0.05, 0.1) is 21.1 Å². The van der Waals surface area contributed by atoms with Gasteiger partial charge in [-0.1, -0.05) is 12.1 Å². The molecule has 1 aromatic carbocycles. The minimum Gasteiger partial charge on any atom is -0.443 e. The van der Waals surface area contributed by atoms with Gasteiger partial charge in [0.25, 0.3) is 5.91 Å². The number of carbonyl (C=O) groups excluding carboxylic acids is 4. The van der Waals surface area contributed by atoms with Crippen LogP contribution in [0.4, 0.5) is 30.4 Å². The van der Waals surface area contributed by atoms with E-state index in [-0.39, 0.29) is 32.7 Å². The number of pyridine rings is 1. The van der Waals surface area contributed by atoms with Crippen molar-refractivity contribution in [1.29, 1.82) is 0 Å². The molecule has 3 aromatic rings. The molecule has 0 bridgehead atoms. The number of hydrogen-bond acceptors (Lipinski definition) is 8. The van der Waals surface area contributed by atoms with E-state index in [2.05, 4.69) is 26.2 Å². The zero-order valence-electron chi connectivity index (χ0n) is 24.9. The van der Waals surface area contributed by atoms with Gasteiger partial charge in [-0.05, 0) is 96.4 Å². The number of aromatic nitrogens is 2. The summed E-state index contributed by atoms with van der Waals surface area (Å²) in [6.07, 6.45) is -2.97. The van der Waals surface area contributed by atoms with Crippen LogP contribution in [0.2, 0.25) is 0 Å². The van der Waals surface area contributed by atoms with Gasteiger partial charge in [-0.15, -0.1) is 0 Å². The van der Waals surface area contributed by atoms with Gasteiger partial charge in [-0.2, -0.15) is 4.90 Å². The van der Waals surface area contributed by atoms with E-state index in [1.54, 1.807) is 62.3 Å². The number of benzene rings is 1. The molecule has 0 unspecified atom stereocenters. The number of rotatable bonds is 3. The SMILES string of the molecule is CC(C)(C)OC(=O)N(C(=O)OC(C)(C)C)c1nc2cc(NC(=O)c3ccccc3F)n(C(=O)OC(C)(C)C)c2cc1Br. The molecule has 3 rings (SSSR count). The topological polar surface area (TPSA) is 129 Å². The Labute approximate surface area is 251 Å². The van der Waals surface area contributed by atoms with Gasteiger partial charge in [-0.3, -0.25) is 4.79 Å². The summed E-state index contributed by atoms with van der Waals surface area (Å²) in [5, 5.41) is 2.53. The van der Waals surface area contributed by atoms with Crippen molar-refractivity contribution in [3.63, 3.8) is 0 Å². The number of fused-ring (bicyclic) bond motifs is 1. The van der Waals surface area contributed by atoms with Crippen molar-refractivity contribution >= 4 is 62.8 Å². The minimum atomic E-state index is -1.05. The highest BCUT2D eigenvalue weighted by Gasteiger charge is 2.36. The molecule has 0 saturated heterocycles. The van der Waals surface area contributed by atoms with Crippen molar-refractivity contribution in [2.75, 3.05) is 10.2 Å². The molecule has 0 aliphatic rings. The molecular weight excluding hydrogens is 615 g/mol. The molecule has 2 aromatic heterocycles. The summed E-state index contributed by atoms with van der Waals surface area (Å²) in [5.74, 6) is -1.88. The number of nitrogens with zero attached hydrogens (tertiary/aromatic N) is 3. The maximum absolute atomic E-state index is 14.3. The normalized spacial score (nSPS) is 12.1. The molecule has 2 heterocycles. The highest BCUT2D eigenvalue weighted by atomic mass is 79.9. The molecule has 0 fully saturated rings. The predicted molar refractivity (Wildman–Crippen MR) is 158 cm³/mol. The number of nitrogens with one attached hydrogen (secondary N) is 1. The second-order valence-electron chi connectivity index (χ2n) is 12.3. The fourth-order valence-electron chi connectivity index (χ4n) is 3.54. The van der Waals surface area contributed by atoms with Crippen LogP contribution in [0.3, 0.4) is 0 Å². The maximum Gasteiger partial charge on any atom is 0.425 e. The number of carbonyl (C=O) groups is 4. The average Bonchev–Trinajstić information content (AvgIpc) is 3.12. The molecule has 0 aliphatic carbocycles. The summed E-state index contributed by atoms with van der Waals surface area (Å²) in [7, 11) is 0. The van der Waals surface area contributed by atoms with Gasteiger partial charge in [-0.25, -0.2) is 28.3 Å². The van der Waals surface area contributed by atoms with Gasteiger partial charge < -0.3 is 19.5 Å². The lowest BCUT2D eigenvalue weighted by atomic mass is 10.2. The lowest BCUT2D eigenvalue weighted by molar-refractivity contribution is 0.0426. The Hall–Kier alpha value is -4.00. The van der Waals surface area contributed by atoms with Crippen LogP contribution in [0.5, 0.6) is 0 Å². The Balaban J connectivity index is 2.22. The molecule has 0 saturated carbocycles. The van der Waals surface area contributed by atoms with Gasteiger partial charge in [0.2, 0.25) is 0 Å². The third-order valence-corrected chi connectivity index (χ3v) is 5.60. The van der Waals surface area contributed by atoms with Crippen molar-refractivity contribution in [3.05, 3.63) is 52.3 Å². The number of imide groups is 1. The van der Waals surface area contributed by atoms with Crippen LogP contribution in [0.15, 0.2) is 40.9 Å².